The fourth-order valence-electron chi connectivity index (χ4n) is 1.22. The SMILES string of the molecule is [2H]c1c([2H])c(Cl)c([2H])c(N=C(CC(=O)OCC)C(=O)OCC)c1[2H]. The third-order valence-corrected chi connectivity index (χ3v) is 2.15. The van der Waals surface area contributed by atoms with Gasteiger partial charge in [0.1, 0.15) is 5.71 Å². The Balaban J connectivity index is 3.42. The third-order valence-electron chi connectivity index (χ3n) is 1.96. The average Bonchev–Trinajstić information content (AvgIpc) is 2.54. The van der Waals surface area contributed by atoms with Crippen LogP contribution in [0.2, 0.25) is 5.02 Å². The second kappa shape index (κ2) is 8.32. The van der Waals surface area contributed by atoms with E-state index in [0.717, 1.165) is 0 Å². The summed E-state index contributed by atoms with van der Waals surface area (Å²) in [5.41, 5.74) is -0.751. The molecule has 0 spiro atoms. The van der Waals surface area contributed by atoms with Crippen LogP contribution < -0.4 is 0 Å². The average molecular weight is 302 g/mol. The molecule has 0 saturated heterocycles. The first kappa shape index (κ1) is 10.9. The van der Waals surface area contributed by atoms with Crippen LogP contribution in [0, 0.1) is 0 Å². The van der Waals surface area contributed by atoms with Crippen LogP contribution in [0.3, 0.4) is 0 Å². The number of nitrogens with zero attached hydrogens (tertiary/aromatic N) is 1. The second-order valence-electron chi connectivity index (χ2n) is 3.42. The zero-order chi connectivity index (χ0) is 18.4. The summed E-state index contributed by atoms with van der Waals surface area (Å²) in [6, 6.07) is -2.03. The molecule has 0 unspecified atom stereocenters. The number of halogens is 1. The van der Waals surface area contributed by atoms with Gasteiger partial charge in [0.15, 0.2) is 0 Å². The lowest BCUT2D eigenvalue weighted by Gasteiger charge is -2.06. The minimum atomic E-state index is -0.901. The molecular formula is C14H16ClNO4. The van der Waals surface area contributed by atoms with Gasteiger partial charge in [-0.05, 0) is 32.0 Å². The summed E-state index contributed by atoms with van der Waals surface area (Å²) < 4.78 is 40.4. The molecule has 108 valence electrons. The zero-order valence-electron chi connectivity index (χ0n) is 15.1. The van der Waals surface area contributed by atoms with Crippen LogP contribution in [-0.4, -0.2) is 30.9 Å². The number of hydrogen-bond donors (Lipinski definition) is 0. The Morgan fingerprint density at radius 1 is 1.30 bits per heavy atom. The van der Waals surface area contributed by atoms with Gasteiger partial charge in [0, 0.05) is 5.02 Å². The van der Waals surface area contributed by atoms with Crippen molar-refractivity contribution in [2.24, 2.45) is 4.99 Å². The quantitative estimate of drug-likeness (QED) is 0.598. The Morgan fingerprint density at radius 3 is 2.65 bits per heavy atom. The number of carbonyl (C=O) groups excluding carboxylic acids is 2. The van der Waals surface area contributed by atoms with Crippen molar-refractivity contribution >= 4 is 34.9 Å². The summed E-state index contributed by atoms with van der Waals surface area (Å²) in [5, 5.41) is -0.367. The van der Waals surface area contributed by atoms with Crippen molar-refractivity contribution < 1.29 is 24.5 Å². The number of esters is 2. The number of carbonyl (C=O) groups is 2. The molecule has 0 saturated carbocycles. The highest BCUT2D eigenvalue weighted by atomic mass is 35.5. The minimum absolute atomic E-state index is 0.0399. The molecule has 6 heteroatoms. The standard InChI is InChI=1S/C14H16ClNO4/c1-3-19-13(17)9-12(14(18)20-4-2)16-11-7-5-6-10(15)8-11/h5-8H,3-4,9H2,1-2H3/i5D,6D,7D,8D. The predicted octanol–water partition coefficient (Wildman–Crippen LogP) is 2.93. The van der Waals surface area contributed by atoms with Crippen molar-refractivity contribution in [3.63, 3.8) is 0 Å². The summed E-state index contributed by atoms with van der Waals surface area (Å²) in [6.45, 7) is 3.32. The van der Waals surface area contributed by atoms with Gasteiger partial charge in [0.2, 0.25) is 0 Å². The Labute approximate surface area is 128 Å². The van der Waals surface area contributed by atoms with Crippen LogP contribution in [0.5, 0.6) is 0 Å². The van der Waals surface area contributed by atoms with Gasteiger partial charge in [-0.25, -0.2) is 9.79 Å². The molecule has 1 aromatic carbocycles. The largest absolute Gasteiger partial charge is 0.466 e. The van der Waals surface area contributed by atoms with E-state index in [0.29, 0.717) is 0 Å². The maximum Gasteiger partial charge on any atom is 0.353 e. The number of ether oxygens (including phenoxy) is 2. The van der Waals surface area contributed by atoms with Gasteiger partial charge >= 0.3 is 11.9 Å². The normalized spacial score (nSPS) is 13.8. The van der Waals surface area contributed by atoms with Crippen molar-refractivity contribution in [1.29, 1.82) is 0 Å². The van der Waals surface area contributed by atoms with Gasteiger partial charge in [-0.1, -0.05) is 17.6 Å². The van der Waals surface area contributed by atoms with Crippen LogP contribution in [-0.2, 0) is 19.1 Å². The highest BCUT2D eigenvalue weighted by Gasteiger charge is 2.18. The van der Waals surface area contributed by atoms with E-state index in [1.165, 1.54) is 0 Å². The van der Waals surface area contributed by atoms with Crippen LogP contribution in [0.15, 0.2) is 29.2 Å². The molecule has 0 bridgehead atoms. The monoisotopic (exact) mass is 301 g/mol. The Kier molecular flexibility index (Phi) is 4.52. The van der Waals surface area contributed by atoms with Gasteiger partial charge in [0.05, 0.1) is 30.8 Å². The molecule has 20 heavy (non-hydrogen) atoms. The predicted molar refractivity (Wildman–Crippen MR) is 76.4 cm³/mol. The van der Waals surface area contributed by atoms with Gasteiger partial charge in [-0.2, -0.15) is 0 Å². The van der Waals surface area contributed by atoms with E-state index in [4.69, 9.17) is 26.6 Å². The van der Waals surface area contributed by atoms with Gasteiger partial charge in [-0.15, -0.1) is 0 Å². The molecular weight excluding hydrogens is 282 g/mol. The van der Waals surface area contributed by atoms with E-state index < -0.39 is 42.5 Å². The maximum atomic E-state index is 11.9. The van der Waals surface area contributed by atoms with Gasteiger partial charge in [0.25, 0.3) is 0 Å². The van der Waals surface area contributed by atoms with Crippen molar-refractivity contribution in [1.82, 2.24) is 0 Å². The van der Waals surface area contributed by atoms with Crippen LogP contribution in [0.4, 0.5) is 5.69 Å². The summed E-state index contributed by atoms with van der Waals surface area (Å²) in [6.07, 6.45) is -0.515. The fourth-order valence-corrected chi connectivity index (χ4v) is 1.36. The van der Waals surface area contributed by atoms with Gasteiger partial charge in [-0.3, -0.25) is 4.79 Å². The lowest BCUT2D eigenvalue weighted by Crippen LogP contribution is -2.22. The highest BCUT2D eigenvalue weighted by molar-refractivity contribution is 6.40. The van der Waals surface area contributed by atoms with Gasteiger partial charge < -0.3 is 9.47 Å². The summed E-state index contributed by atoms with van der Waals surface area (Å²) >= 11 is 5.78. The topological polar surface area (TPSA) is 65.0 Å². The maximum absolute atomic E-state index is 11.9. The minimum Gasteiger partial charge on any atom is -0.466 e. The van der Waals surface area contributed by atoms with Crippen LogP contribution in [0.1, 0.15) is 25.8 Å². The molecule has 5 nitrogen and oxygen atoms in total. The first-order chi connectivity index (χ1) is 11.2. The van der Waals surface area contributed by atoms with Crippen molar-refractivity contribution in [3.8, 4) is 0 Å². The second-order valence-corrected chi connectivity index (χ2v) is 3.80. The number of rotatable bonds is 6. The molecule has 0 aromatic heterocycles. The molecule has 0 aliphatic carbocycles. The van der Waals surface area contributed by atoms with Crippen molar-refractivity contribution in [2.75, 3.05) is 13.2 Å². The zero-order valence-corrected chi connectivity index (χ0v) is 11.8. The molecule has 0 fully saturated rings. The number of hydrogen-bond acceptors (Lipinski definition) is 5. The van der Waals surface area contributed by atoms with E-state index in [2.05, 4.69) is 4.99 Å². The van der Waals surface area contributed by atoms with E-state index in [1.54, 1.807) is 13.8 Å². The van der Waals surface area contributed by atoms with Crippen molar-refractivity contribution in [2.45, 2.75) is 20.3 Å². The molecule has 0 amide bonds. The Morgan fingerprint density at radius 2 is 2.00 bits per heavy atom. The first-order valence-corrected chi connectivity index (χ1v) is 6.28. The molecule has 0 N–H and O–H groups in total. The molecule has 1 rings (SSSR count). The summed E-state index contributed by atoms with van der Waals surface area (Å²) in [5.74, 6) is -1.63. The van der Waals surface area contributed by atoms with Crippen LogP contribution >= 0.6 is 11.6 Å². The lowest BCUT2D eigenvalue weighted by atomic mass is 10.2. The fraction of sp³-hybridized carbons (Fsp3) is 0.357. The van der Waals surface area contributed by atoms with Crippen molar-refractivity contribution in [3.05, 3.63) is 29.2 Å². The number of aliphatic imine (C=N–C) groups is 1. The van der Waals surface area contributed by atoms with E-state index >= 15 is 0 Å². The highest BCUT2D eigenvalue weighted by Crippen LogP contribution is 2.18. The molecule has 1 aromatic rings. The van der Waals surface area contributed by atoms with E-state index in [1.807, 2.05) is 0 Å². The Bertz CT molecular complexity index is 665. The Hall–Kier alpha value is -1.88. The van der Waals surface area contributed by atoms with E-state index in [9.17, 15) is 9.59 Å². The molecule has 0 aliphatic rings. The molecule has 0 heterocycles. The van der Waals surface area contributed by atoms with E-state index in [-0.39, 0.29) is 29.6 Å². The molecule has 0 radical (unpaired) electrons. The first-order valence-electron chi connectivity index (χ1n) is 7.90. The third kappa shape index (κ3) is 5.40. The summed E-state index contributed by atoms with van der Waals surface area (Å²) in [4.78, 5) is 27.4. The number of benzene rings is 1. The molecule has 0 aliphatic heterocycles. The smallest absolute Gasteiger partial charge is 0.353 e. The lowest BCUT2D eigenvalue weighted by molar-refractivity contribution is -0.143. The summed E-state index contributed by atoms with van der Waals surface area (Å²) in [7, 11) is 0. The molecule has 0 atom stereocenters. The van der Waals surface area contributed by atoms with Crippen LogP contribution in [0.25, 0.3) is 0 Å².